The van der Waals surface area contributed by atoms with Gasteiger partial charge in [-0.3, -0.25) is 14.7 Å². The van der Waals surface area contributed by atoms with E-state index in [0.717, 1.165) is 39.7 Å². The number of aromatic hydroxyl groups is 1. The number of aromatic nitrogens is 3. The van der Waals surface area contributed by atoms with Crippen LogP contribution in [0.25, 0.3) is 16.6 Å². The Balaban J connectivity index is 1.78. The van der Waals surface area contributed by atoms with Gasteiger partial charge in [0.15, 0.2) is 0 Å². The van der Waals surface area contributed by atoms with Crippen molar-refractivity contribution < 1.29 is 9.84 Å². The number of ether oxygens (including phenoxy) is 1. The maximum Gasteiger partial charge on any atom is 0.335 e. The molecule has 0 spiro atoms. The van der Waals surface area contributed by atoms with Crippen molar-refractivity contribution in [1.29, 1.82) is 0 Å². The summed E-state index contributed by atoms with van der Waals surface area (Å²) in [6.07, 6.45) is 0.831. The first-order valence-corrected chi connectivity index (χ1v) is 10.6. The third kappa shape index (κ3) is 3.03. The van der Waals surface area contributed by atoms with Crippen LogP contribution < -0.4 is 16.0 Å². The average molecular weight is 432 g/mol. The van der Waals surface area contributed by atoms with E-state index in [0.29, 0.717) is 18.0 Å². The van der Waals surface area contributed by atoms with Crippen molar-refractivity contribution in [1.82, 2.24) is 19.4 Å². The minimum atomic E-state index is -0.708. The first kappa shape index (κ1) is 20.1. The van der Waals surface area contributed by atoms with Gasteiger partial charge >= 0.3 is 5.69 Å². The van der Waals surface area contributed by atoms with Crippen LogP contribution in [0.1, 0.15) is 29.8 Å². The van der Waals surface area contributed by atoms with Crippen LogP contribution in [0.15, 0.2) is 58.1 Å². The zero-order chi connectivity index (χ0) is 22.4. The van der Waals surface area contributed by atoms with Gasteiger partial charge in [-0.15, -0.1) is 0 Å². The van der Waals surface area contributed by atoms with E-state index in [1.54, 1.807) is 24.3 Å². The summed E-state index contributed by atoms with van der Waals surface area (Å²) in [6, 6.07) is 14.3. The number of nitrogens with one attached hydrogen (secondary N) is 2. The molecule has 1 aliphatic heterocycles. The van der Waals surface area contributed by atoms with Crippen molar-refractivity contribution in [3.05, 3.63) is 86.2 Å². The highest BCUT2D eigenvalue weighted by molar-refractivity contribution is 5.85. The van der Waals surface area contributed by atoms with E-state index in [-0.39, 0.29) is 11.4 Å². The standard InChI is InChI=1S/C24H24N4O4/c1-3-27-12-11-17-16-9-4-5-10-18(16)25-20(17)21(27)19-22(29)26-24(31)28(23(19)30)14-7-6-8-15(13-14)32-2/h4-10,13,21,25,30H,3,11-12H2,1-2H3,(H,26,29,31)/t21-/m0/s1. The lowest BCUT2D eigenvalue weighted by Gasteiger charge is -2.35. The summed E-state index contributed by atoms with van der Waals surface area (Å²) < 4.78 is 6.37. The molecule has 3 heterocycles. The zero-order valence-electron chi connectivity index (χ0n) is 17.9. The molecule has 0 radical (unpaired) electrons. The Labute approximate surface area is 183 Å². The van der Waals surface area contributed by atoms with Gasteiger partial charge in [-0.25, -0.2) is 9.36 Å². The number of hydrogen-bond donors (Lipinski definition) is 3. The molecule has 3 N–H and O–H groups in total. The third-order valence-electron chi connectivity index (χ3n) is 6.25. The number of methoxy groups -OCH3 is 1. The Hall–Kier alpha value is -3.78. The van der Waals surface area contributed by atoms with Crippen LogP contribution in [0.5, 0.6) is 11.6 Å². The van der Waals surface area contributed by atoms with Crippen LogP contribution in [0, 0.1) is 0 Å². The topological polar surface area (TPSA) is 103 Å². The predicted octanol–water partition coefficient (Wildman–Crippen LogP) is 2.69. The normalized spacial score (nSPS) is 16.2. The lowest BCUT2D eigenvalue weighted by Crippen LogP contribution is -2.41. The van der Waals surface area contributed by atoms with E-state index in [1.807, 2.05) is 25.1 Å². The summed E-state index contributed by atoms with van der Waals surface area (Å²) in [5.41, 5.74) is 2.23. The second kappa shape index (κ2) is 7.72. The van der Waals surface area contributed by atoms with Gasteiger partial charge in [0.05, 0.1) is 18.8 Å². The Kier molecular flexibility index (Phi) is 4.86. The van der Waals surface area contributed by atoms with Crippen molar-refractivity contribution in [2.75, 3.05) is 20.2 Å². The summed E-state index contributed by atoms with van der Waals surface area (Å²) in [7, 11) is 1.53. The molecule has 0 saturated carbocycles. The maximum absolute atomic E-state index is 13.1. The lowest BCUT2D eigenvalue weighted by atomic mass is 9.93. The molecule has 2 aromatic carbocycles. The van der Waals surface area contributed by atoms with Crippen molar-refractivity contribution in [3.63, 3.8) is 0 Å². The number of rotatable bonds is 4. The van der Waals surface area contributed by atoms with Crippen molar-refractivity contribution in [2.24, 2.45) is 0 Å². The Morgan fingerprint density at radius 3 is 2.72 bits per heavy atom. The van der Waals surface area contributed by atoms with E-state index in [9.17, 15) is 14.7 Å². The Bertz CT molecular complexity index is 1430. The summed E-state index contributed by atoms with van der Waals surface area (Å²) >= 11 is 0. The van der Waals surface area contributed by atoms with E-state index in [1.165, 1.54) is 7.11 Å². The SMILES string of the molecule is CCN1CCc2c([nH]c3ccccc23)[C@@H]1c1c(O)n(-c2cccc(OC)c2)c(=O)[nH]c1=O. The van der Waals surface area contributed by atoms with E-state index in [2.05, 4.69) is 20.9 Å². The monoisotopic (exact) mass is 432 g/mol. The third-order valence-corrected chi connectivity index (χ3v) is 6.25. The van der Waals surface area contributed by atoms with Crippen LogP contribution in [-0.4, -0.2) is 44.7 Å². The molecule has 5 rings (SSSR count). The van der Waals surface area contributed by atoms with Gasteiger partial charge in [-0.05, 0) is 36.7 Å². The Morgan fingerprint density at radius 2 is 1.94 bits per heavy atom. The molecule has 0 saturated heterocycles. The molecule has 0 amide bonds. The molecule has 1 atom stereocenters. The molecule has 8 nitrogen and oxygen atoms in total. The summed E-state index contributed by atoms with van der Waals surface area (Å²) in [5.74, 6) is 0.161. The second-order valence-corrected chi connectivity index (χ2v) is 7.88. The second-order valence-electron chi connectivity index (χ2n) is 7.88. The molecule has 0 bridgehead atoms. The summed E-state index contributed by atoms with van der Waals surface area (Å²) in [4.78, 5) is 33.8. The number of para-hydroxylation sites is 1. The number of hydrogen-bond acceptors (Lipinski definition) is 5. The summed E-state index contributed by atoms with van der Waals surface area (Å²) in [5, 5.41) is 12.4. The lowest BCUT2D eigenvalue weighted by molar-refractivity contribution is 0.215. The minimum Gasteiger partial charge on any atom is -0.497 e. The number of H-pyrrole nitrogens is 2. The van der Waals surface area contributed by atoms with Gasteiger partial charge < -0.3 is 14.8 Å². The first-order valence-electron chi connectivity index (χ1n) is 10.6. The molecular weight excluding hydrogens is 408 g/mol. The average Bonchev–Trinajstić information content (AvgIpc) is 3.18. The van der Waals surface area contributed by atoms with Gasteiger partial charge in [-0.1, -0.05) is 31.2 Å². The fourth-order valence-electron chi connectivity index (χ4n) is 4.73. The van der Waals surface area contributed by atoms with Crippen LogP contribution >= 0.6 is 0 Å². The van der Waals surface area contributed by atoms with Crippen LogP contribution in [0.3, 0.4) is 0 Å². The molecule has 4 aromatic rings. The largest absolute Gasteiger partial charge is 0.497 e. The quantitative estimate of drug-likeness (QED) is 0.460. The van der Waals surface area contributed by atoms with Gasteiger partial charge in [0.25, 0.3) is 5.56 Å². The fourth-order valence-corrected chi connectivity index (χ4v) is 4.73. The zero-order valence-corrected chi connectivity index (χ0v) is 17.9. The first-order chi connectivity index (χ1) is 15.5. The van der Waals surface area contributed by atoms with Crippen LogP contribution in [0.2, 0.25) is 0 Å². The maximum atomic E-state index is 13.1. The number of nitrogens with zero attached hydrogens (tertiary/aromatic N) is 2. The molecule has 0 fully saturated rings. The molecule has 164 valence electrons. The molecule has 32 heavy (non-hydrogen) atoms. The van der Waals surface area contributed by atoms with Crippen LogP contribution in [-0.2, 0) is 6.42 Å². The highest BCUT2D eigenvalue weighted by atomic mass is 16.5. The molecule has 1 aliphatic rings. The fraction of sp³-hybridized carbons (Fsp3) is 0.250. The van der Waals surface area contributed by atoms with Crippen molar-refractivity contribution in [3.8, 4) is 17.3 Å². The highest BCUT2D eigenvalue weighted by Crippen LogP contribution is 2.39. The van der Waals surface area contributed by atoms with E-state index in [4.69, 9.17) is 4.74 Å². The van der Waals surface area contributed by atoms with Crippen molar-refractivity contribution in [2.45, 2.75) is 19.4 Å². The molecular formula is C24H24N4O4. The van der Waals surface area contributed by atoms with E-state index < -0.39 is 17.3 Å². The predicted molar refractivity (Wildman–Crippen MR) is 122 cm³/mol. The number of likely N-dealkylation sites (N-methyl/N-ethyl adjacent to an activating group) is 1. The van der Waals surface area contributed by atoms with Gasteiger partial charge in [0.2, 0.25) is 5.88 Å². The van der Waals surface area contributed by atoms with Gasteiger partial charge in [0, 0.05) is 29.2 Å². The smallest absolute Gasteiger partial charge is 0.335 e. The van der Waals surface area contributed by atoms with Crippen LogP contribution in [0.4, 0.5) is 0 Å². The molecule has 0 aliphatic carbocycles. The molecule has 8 heteroatoms. The minimum absolute atomic E-state index is 0.141. The number of fused-ring (bicyclic) bond motifs is 3. The van der Waals surface area contributed by atoms with Crippen molar-refractivity contribution >= 4 is 10.9 Å². The molecule has 0 unspecified atom stereocenters. The summed E-state index contributed by atoms with van der Waals surface area (Å²) in [6.45, 7) is 3.42. The number of benzene rings is 2. The number of aromatic amines is 2. The highest BCUT2D eigenvalue weighted by Gasteiger charge is 2.35. The molecule has 2 aromatic heterocycles. The Morgan fingerprint density at radius 1 is 1.12 bits per heavy atom. The van der Waals surface area contributed by atoms with Gasteiger partial charge in [0.1, 0.15) is 11.3 Å². The van der Waals surface area contributed by atoms with Gasteiger partial charge in [-0.2, -0.15) is 0 Å². The van der Waals surface area contributed by atoms with E-state index >= 15 is 0 Å².